The topological polar surface area (TPSA) is 72.4 Å². The molecule has 0 atom stereocenters. The number of fused-ring (bicyclic) bond motifs is 2. The summed E-state index contributed by atoms with van der Waals surface area (Å²) in [5, 5.41) is 8.86. The Morgan fingerprint density at radius 2 is 2.00 bits per heavy atom. The van der Waals surface area contributed by atoms with E-state index in [1.165, 1.54) is 32.1 Å². The number of carbonyl (C=O) groups is 1. The SMILES string of the molecule is O=C(Nc1ccnc2ccnn12)c1oc2ccccc2c1CSC1CCCCC1. The van der Waals surface area contributed by atoms with E-state index in [0.29, 0.717) is 22.5 Å². The van der Waals surface area contributed by atoms with Crippen molar-refractivity contribution in [2.45, 2.75) is 43.1 Å². The number of nitrogens with zero attached hydrogens (tertiary/aromatic N) is 3. The Bertz CT molecular complexity index is 1160. The second-order valence-corrected chi connectivity index (χ2v) is 8.65. The maximum absolute atomic E-state index is 13.1. The molecule has 6 nitrogen and oxygen atoms in total. The highest BCUT2D eigenvalue weighted by molar-refractivity contribution is 7.99. The maximum Gasteiger partial charge on any atom is 0.292 e. The molecule has 5 rings (SSSR count). The van der Waals surface area contributed by atoms with Crippen molar-refractivity contribution in [1.29, 1.82) is 0 Å². The first-order valence-electron chi connectivity index (χ1n) is 10.0. The zero-order chi connectivity index (χ0) is 19.6. The molecule has 0 aliphatic heterocycles. The first-order chi connectivity index (χ1) is 14.3. The van der Waals surface area contributed by atoms with Gasteiger partial charge in [0.1, 0.15) is 11.4 Å². The highest BCUT2D eigenvalue weighted by Crippen LogP contribution is 2.35. The van der Waals surface area contributed by atoms with E-state index < -0.39 is 0 Å². The average molecular weight is 407 g/mol. The van der Waals surface area contributed by atoms with Gasteiger partial charge in [-0.05, 0) is 25.0 Å². The van der Waals surface area contributed by atoms with Crippen molar-refractivity contribution in [3.05, 3.63) is 60.1 Å². The standard InChI is InChI=1S/C22H22N4O2S/c27-22(25-20-10-12-23-19-11-13-24-26(19)20)21-17(14-29-15-6-2-1-3-7-15)16-8-4-5-9-18(16)28-21/h4-5,8-13,15H,1-3,6-7,14H2,(H,25,27). The predicted octanol–water partition coefficient (Wildman–Crippen LogP) is 5.29. The molecular formula is C22H22N4O2S. The number of aromatic nitrogens is 3. The minimum atomic E-state index is -0.261. The number of hydrogen-bond donors (Lipinski definition) is 1. The van der Waals surface area contributed by atoms with E-state index in [0.717, 1.165) is 22.3 Å². The summed E-state index contributed by atoms with van der Waals surface area (Å²) >= 11 is 1.94. The number of hydrogen-bond acceptors (Lipinski definition) is 5. The second-order valence-electron chi connectivity index (χ2n) is 7.36. The predicted molar refractivity (Wildman–Crippen MR) is 115 cm³/mol. The fraction of sp³-hybridized carbons (Fsp3) is 0.318. The van der Waals surface area contributed by atoms with Crippen LogP contribution in [0.1, 0.15) is 48.2 Å². The van der Waals surface area contributed by atoms with E-state index in [1.54, 1.807) is 29.0 Å². The van der Waals surface area contributed by atoms with Crippen molar-refractivity contribution in [3.8, 4) is 0 Å². The number of furan rings is 1. The van der Waals surface area contributed by atoms with Gasteiger partial charge in [-0.2, -0.15) is 21.4 Å². The number of thioether (sulfide) groups is 1. The van der Waals surface area contributed by atoms with Crippen LogP contribution in [0.5, 0.6) is 0 Å². The molecule has 1 saturated carbocycles. The number of amides is 1. The summed E-state index contributed by atoms with van der Waals surface area (Å²) in [4.78, 5) is 17.4. The smallest absolute Gasteiger partial charge is 0.292 e. The lowest BCUT2D eigenvalue weighted by Crippen LogP contribution is -2.16. The van der Waals surface area contributed by atoms with Gasteiger partial charge >= 0.3 is 0 Å². The van der Waals surface area contributed by atoms with Crippen LogP contribution in [-0.4, -0.2) is 25.8 Å². The Hall–Kier alpha value is -2.80. The first-order valence-corrected chi connectivity index (χ1v) is 11.1. The summed E-state index contributed by atoms with van der Waals surface area (Å²) in [7, 11) is 0. The molecule has 0 saturated heterocycles. The summed E-state index contributed by atoms with van der Waals surface area (Å²) in [6, 6.07) is 11.4. The van der Waals surface area contributed by atoms with Crippen LogP contribution < -0.4 is 5.32 Å². The van der Waals surface area contributed by atoms with Crippen LogP contribution in [0.3, 0.4) is 0 Å². The van der Waals surface area contributed by atoms with Crippen LogP contribution in [0.15, 0.2) is 53.2 Å². The lowest BCUT2D eigenvalue weighted by Gasteiger charge is -2.20. The van der Waals surface area contributed by atoms with Gasteiger partial charge in [0.25, 0.3) is 5.91 Å². The summed E-state index contributed by atoms with van der Waals surface area (Å²) in [6.07, 6.45) is 9.79. The van der Waals surface area contributed by atoms with Crippen molar-refractivity contribution >= 4 is 40.1 Å². The number of anilines is 1. The Labute approximate surface area is 172 Å². The van der Waals surface area contributed by atoms with E-state index >= 15 is 0 Å². The third-order valence-electron chi connectivity index (χ3n) is 5.45. The van der Waals surface area contributed by atoms with Gasteiger partial charge in [0.15, 0.2) is 11.4 Å². The maximum atomic E-state index is 13.1. The molecule has 148 valence electrons. The van der Waals surface area contributed by atoms with Crippen LogP contribution in [0, 0.1) is 0 Å². The van der Waals surface area contributed by atoms with Crippen molar-refractivity contribution in [3.63, 3.8) is 0 Å². The number of carbonyl (C=O) groups excluding carboxylic acids is 1. The average Bonchev–Trinajstić information content (AvgIpc) is 3.38. The Morgan fingerprint density at radius 1 is 1.14 bits per heavy atom. The lowest BCUT2D eigenvalue weighted by molar-refractivity contribution is 0.0997. The molecule has 3 heterocycles. The van der Waals surface area contributed by atoms with Crippen LogP contribution >= 0.6 is 11.8 Å². The van der Waals surface area contributed by atoms with Gasteiger partial charge in [-0.15, -0.1) is 0 Å². The number of para-hydroxylation sites is 1. The zero-order valence-electron chi connectivity index (χ0n) is 16.0. The van der Waals surface area contributed by atoms with Crippen LogP contribution in [0.25, 0.3) is 16.6 Å². The normalized spacial score (nSPS) is 15.2. The van der Waals surface area contributed by atoms with Gasteiger partial charge in [0, 0.05) is 34.2 Å². The van der Waals surface area contributed by atoms with Gasteiger partial charge in [-0.3, -0.25) is 4.79 Å². The summed E-state index contributed by atoms with van der Waals surface area (Å²) in [5.74, 6) is 1.46. The monoisotopic (exact) mass is 406 g/mol. The van der Waals surface area contributed by atoms with Crippen LogP contribution in [0.4, 0.5) is 5.82 Å². The second kappa shape index (κ2) is 7.91. The molecule has 0 spiro atoms. The van der Waals surface area contributed by atoms with Gasteiger partial charge in [-0.1, -0.05) is 37.5 Å². The zero-order valence-corrected chi connectivity index (χ0v) is 16.8. The Morgan fingerprint density at radius 3 is 2.90 bits per heavy atom. The first kappa shape index (κ1) is 18.2. The highest BCUT2D eigenvalue weighted by atomic mass is 32.2. The number of benzene rings is 1. The Kier molecular flexibility index (Phi) is 4.97. The summed E-state index contributed by atoms with van der Waals surface area (Å²) in [5.41, 5.74) is 2.40. The van der Waals surface area contributed by atoms with Gasteiger partial charge in [0.05, 0.1) is 6.20 Å². The van der Waals surface area contributed by atoms with Crippen LogP contribution in [-0.2, 0) is 5.75 Å². The molecule has 1 amide bonds. The molecule has 4 aromatic rings. The third-order valence-corrected chi connectivity index (χ3v) is 6.85. The fourth-order valence-electron chi connectivity index (χ4n) is 3.96. The quantitative estimate of drug-likeness (QED) is 0.487. The van der Waals surface area contributed by atoms with Gasteiger partial charge in [-0.25, -0.2) is 4.98 Å². The molecule has 0 bridgehead atoms. The lowest BCUT2D eigenvalue weighted by atomic mass is 10.0. The molecular weight excluding hydrogens is 384 g/mol. The van der Waals surface area contributed by atoms with Crippen molar-refractivity contribution in [1.82, 2.24) is 14.6 Å². The van der Waals surface area contributed by atoms with E-state index in [1.807, 2.05) is 36.0 Å². The number of rotatable bonds is 5. The van der Waals surface area contributed by atoms with Crippen molar-refractivity contribution in [2.75, 3.05) is 5.32 Å². The molecule has 1 aliphatic rings. The minimum Gasteiger partial charge on any atom is -0.451 e. The molecule has 1 N–H and O–H groups in total. The minimum absolute atomic E-state index is 0.261. The number of nitrogens with one attached hydrogen (secondary N) is 1. The van der Waals surface area contributed by atoms with E-state index in [-0.39, 0.29) is 5.91 Å². The fourth-order valence-corrected chi connectivity index (χ4v) is 5.32. The highest BCUT2D eigenvalue weighted by Gasteiger charge is 2.23. The molecule has 1 aliphatic carbocycles. The van der Waals surface area contributed by atoms with E-state index in [9.17, 15) is 4.79 Å². The van der Waals surface area contributed by atoms with E-state index in [2.05, 4.69) is 15.4 Å². The largest absolute Gasteiger partial charge is 0.451 e. The van der Waals surface area contributed by atoms with Crippen molar-refractivity contribution in [2.24, 2.45) is 0 Å². The van der Waals surface area contributed by atoms with Gasteiger partial charge in [0.2, 0.25) is 0 Å². The third kappa shape index (κ3) is 3.62. The molecule has 1 fully saturated rings. The molecule has 3 aromatic heterocycles. The van der Waals surface area contributed by atoms with E-state index in [4.69, 9.17) is 4.42 Å². The molecule has 0 unspecified atom stereocenters. The summed E-state index contributed by atoms with van der Waals surface area (Å²) in [6.45, 7) is 0. The Balaban J connectivity index is 1.45. The molecule has 7 heteroatoms. The van der Waals surface area contributed by atoms with Gasteiger partial charge < -0.3 is 9.73 Å². The summed E-state index contributed by atoms with van der Waals surface area (Å²) < 4.78 is 7.60. The van der Waals surface area contributed by atoms with Crippen molar-refractivity contribution < 1.29 is 9.21 Å². The molecule has 1 aromatic carbocycles. The van der Waals surface area contributed by atoms with Crippen LogP contribution in [0.2, 0.25) is 0 Å². The molecule has 0 radical (unpaired) electrons. The molecule has 29 heavy (non-hydrogen) atoms.